The molecule has 3 nitrogen and oxygen atoms in total. The molecule has 0 saturated heterocycles. The number of sulfonamides is 1. The second-order valence-electron chi connectivity index (χ2n) is 6.91. The molecule has 128 valence electrons. The van der Waals surface area contributed by atoms with Gasteiger partial charge in [-0.2, -0.15) is 0 Å². The van der Waals surface area contributed by atoms with E-state index in [1.807, 2.05) is 37.3 Å². The van der Waals surface area contributed by atoms with Crippen molar-refractivity contribution < 1.29 is 8.42 Å². The number of hydrogen-bond acceptors (Lipinski definition) is 2. The predicted octanol–water partition coefficient (Wildman–Crippen LogP) is 4.03. The van der Waals surface area contributed by atoms with E-state index < -0.39 is 10.0 Å². The third-order valence-corrected chi connectivity index (χ3v) is 7.22. The minimum Gasteiger partial charge on any atom is -0.266 e. The van der Waals surface area contributed by atoms with E-state index in [0.29, 0.717) is 4.90 Å². The summed E-state index contributed by atoms with van der Waals surface area (Å²) in [6, 6.07) is 17.1. The fraction of sp³-hybridized carbons (Fsp3) is 0.238. The van der Waals surface area contributed by atoms with E-state index in [-0.39, 0.29) is 17.4 Å². The zero-order chi connectivity index (χ0) is 17.7. The van der Waals surface area contributed by atoms with Gasteiger partial charge in [-0.3, -0.25) is 4.31 Å². The molecule has 25 heavy (non-hydrogen) atoms. The van der Waals surface area contributed by atoms with Crippen LogP contribution in [0, 0.1) is 12.8 Å². The first-order chi connectivity index (χ1) is 12.0. The largest absolute Gasteiger partial charge is 0.266 e. The zero-order valence-corrected chi connectivity index (χ0v) is 15.0. The Hall–Kier alpha value is -2.33. The van der Waals surface area contributed by atoms with Crippen molar-refractivity contribution >= 4 is 10.0 Å². The monoisotopic (exact) mass is 351 g/mol. The third kappa shape index (κ3) is 2.44. The summed E-state index contributed by atoms with van der Waals surface area (Å²) in [4.78, 5) is 0.322. The van der Waals surface area contributed by atoms with E-state index >= 15 is 0 Å². The first-order valence-electron chi connectivity index (χ1n) is 8.47. The summed E-state index contributed by atoms with van der Waals surface area (Å²) < 4.78 is 27.7. The van der Waals surface area contributed by atoms with Crippen LogP contribution in [0.3, 0.4) is 0 Å². The van der Waals surface area contributed by atoms with Gasteiger partial charge in [0.1, 0.15) is 0 Å². The fourth-order valence-corrected chi connectivity index (χ4v) is 5.42. The summed E-state index contributed by atoms with van der Waals surface area (Å²) in [7, 11) is -3.58. The molecule has 3 atom stereocenters. The molecule has 0 unspecified atom stereocenters. The summed E-state index contributed by atoms with van der Waals surface area (Å²) in [6.07, 6.45) is 6.51. The lowest BCUT2D eigenvalue weighted by molar-refractivity contribution is 0.384. The van der Waals surface area contributed by atoms with E-state index in [0.717, 1.165) is 12.0 Å². The van der Waals surface area contributed by atoms with Gasteiger partial charge in [0.15, 0.2) is 0 Å². The van der Waals surface area contributed by atoms with E-state index in [2.05, 4.69) is 24.8 Å². The number of aryl methyl sites for hydroxylation is 1. The van der Waals surface area contributed by atoms with Crippen molar-refractivity contribution in [2.75, 3.05) is 0 Å². The van der Waals surface area contributed by atoms with Gasteiger partial charge in [-0.1, -0.05) is 60.2 Å². The third-order valence-electron chi connectivity index (χ3n) is 5.43. The highest BCUT2D eigenvalue weighted by molar-refractivity contribution is 7.89. The van der Waals surface area contributed by atoms with Crippen molar-refractivity contribution in [3.63, 3.8) is 0 Å². The molecule has 0 bridgehead atoms. The Morgan fingerprint density at radius 1 is 1.12 bits per heavy atom. The standard InChI is InChI=1S/C21H21NO2S/c1-3-20-19-15-21(19,17-7-5-4-6-8-17)13-14-22(20)25(23,24)18-11-9-16(2)10-12-18/h3-14,19-20H,1,15H2,2H3/t19-,20-,21-/m0/s1. The van der Waals surface area contributed by atoms with Gasteiger partial charge in [-0.15, -0.1) is 6.58 Å². The minimum atomic E-state index is -3.58. The maximum atomic E-state index is 13.1. The SMILES string of the molecule is C=C[C@H]1[C@@H]2C[C@]2(c2ccccc2)C=CN1S(=O)(=O)c1ccc(C)cc1. The average molecular weight is 351 g/mol. The van der Waals surface area contributed by atoms with E-state index in [1.54, 1.807) is 24.4 Å². The average Bonchev–Trinajstić information content (AvgIpc) is 3.38. The van der Waals surface area contributed by atoms with Crippen LogP contribution in [0.4, 0.5) is 0 Å². The van der Waals surface area contributed by atoms with Gasteiger partial charge in [0.05, 0.1) is 10.9 Å². The number of fused-ring (bicyclic) bond motifs is 1. The normalized spacial score (nSPS) is 27.6. The van der Waals surface area contributed by atoms with Crippen LogP contribution in [-0.4, -0.2) is 18.8 Å². The van der Waals surface area contributed by atoms with Gasteiger partial charge in [0, 0.05) is 11.6 Å². The Morgan fingerprint density at radius 3 is 2.44 bits per heavy atom. The van der Waals surface area contributed by atoms with Crippen LogP contribution in [0.1, 0.15) is 17.5 Å². The quantitative estimate of drug-likeness (QED) is 0.780. The number of allylic oxidation sites excluding steroid dienone is 1. The molecule has 0 aromatic heterocycles. The summed E-state index contributed by atoms with van der Waals surface area (Å²) in [5.41, 5.74) is 2.23. The van der Waals surface area contributed by atoms with Crippen LogP contribution in [0.5, 0.6) is 0 Å². The fourth-order valence-electron chi connectivity index (χ4n) is 3.92. The van der Waals surface area contributed by atoms with Crippen LogP contribution >= 0.6 is 0 Å². The van der Waals surface area contributed by atoms with Crippen LogP contribution in [0.15, 0.2) is 84.4 Å². The van der Waals surface area contributed by atoms with Crippen LogP contribution in [0.2, 0.25) is 0 Å². The van der Waals surface area contributed by atoms with E-state index in [1.165, 1.54) is 9.87 Å². The maximum Gasteiger partial charge on any atom is 0.264 e. The molecule has 0 amide bonds. The van der Waals surface area contributed by atoms with Gasteiger partial charge < -0.3 is 0 Å². The minimum absolute atomic E-state index is 0.0561. The lowest BCUT2D eigenvalue weighted by atomic mass is 9.89. The van der Waals surface area contributed by atoms with Crippen molar-refractivity contribution in [3.05, 3.63) is 90.7 Å². The van der Waals surface area contributed by atoms with Gasteiger partial charge in [-0.25, -0.2) is 8.42 Å². The Balaban J connectivity index is 1.73. The molecule has 2 aromatic carbocycles. The lowest BCUT2D eigenvalue weighted by Gasteiger charge is -2.33. The Morgan fingerprint density at radius 2 is 1.80 bits per heavy atom. The summed E-state index contributed by atoms with van der Waals surface area (Å²) >= 11 is 0. The molecule has 1 aliphatic heterocycles. The number of benzene rings is 2. The van der Waals surface area contributed by atoms with Crippen molar-refractivity contribution in [2.24, 2.45) is 5.92 Å². The first-order valence-corrected chi connectivity index (χ1v) is 9.91. The van der Waals surface area contributed by atoms with Crippen molar-refractivity contribution in [1.82, 2.24) is 4.31 Å². The molecule has 1 aliphatic carbocycles. The number of nitrogens with zero attached hydrogens (tertiary/aromatic N) is 1. The predicted molar refractivity (Wildman–Crippen MR) is 99.6 cm³/mol. The molecule has 2 aliphatic rings. The Labute approximate surface area is 149 Å². The molecular weight excluding hydrogens is 330 g/mol. The number of rotatable bonds is 4. The molecule has 0 radical (unpaired) electrons. The lowest BCUT2D eigenvalue weighted by Crippen LogP contribution is -2.40. The van der Waals surface area contributed by atoms with Gasteiger partial charge in [0.2, 0.25) is 0 Å². The molecule has 1 fully saturated rings. The summed E-state index contributed by atoms with van der Waals surface area (Å²) in [5.74, 6) is 0.234. The summed E-state index contributed by atoms with van der Waals surface area (Å²) in [5, 5.41) is 0. The smallest absolute Gasteiger partial charge is 0.264 e. The van der Waals surface area contributed by atoms with Gasteiger partial charge in [-0.05, 0) is 37.0 Å². The molecule has 4 heteroatoms. The number of hydrogen-bond donors (Lipinski definition) is 0. The van der Waals surface area contributed by atoms with Crippen molar-refractivity contribution in [1.29, 1.82) is 0 Å². The van der Waals surface area contributed by atoms with Crippen LogP contribution in [0.25, 0.3) is 0 Å². The van der Waals surface area contributed by atoms with Crippen LogP contribution in [-0.2, 0) is 15.4 Å². The molecule has 0 N–H and O–H groups in total. The topological polar surface area (TPSA) is 37.4 Å². The first kappa shape index (κ1) is 16.2. The molecule has 1 saturated carbocycles. The van der Waals surface area contributed by atoms with Crippen molar-refractivity contribution in [3.8, 4) is 0 Å². The maximum absolute atomic E-state index is 13.1. The van der Waals surface area contributed by atoms with Gasteiger partial charge >= 0.3 is 0 Å². The zero-order valence-electron chi connectivity index (χ0n) is 14.2. The molecule has 4 rings (SSSR count). The van der Waals surface area contributed by atoms with E-state index in [4.69, 9.17) is 0 Å². The van der Waals surface area contributed by atoms with Crippen LogP contribution < -0.4 is 0 Å². The Bertz CT molecular complexity index is 932. The summed E-state index contributed by atoms with van der Waals surface area (Å²) in [6.45, 7) is 5.86. The molecular formula is C21H21NO2S. The highest BCUT2D eigenvalue weighted by Gasteiger charge is 2.60. The Kier molecular flexibility index (Phi) is 3.62. The second kappa shape index (κ2) is 5.60. The van der Waals surface area contributed by atoms with E-state index in [9.17, 15) is 8.42 Å². The van der Waals surface area contributed by atoms with Crippen molar-refractivity contribution in [2.45, 2.75) is 29.7 Å². The van der Waals surface area contributed by atoms with Gasteiger partial charge in [0.25, 0.3) is 10.0 Å². The highest BCUT2D eigenvalue weighted by atomic mass is 32.2. The molecule has 2 aromatic rings. The second-order valence-corrected chi connectivity index (χ2v) is 8.75. The highest BCUT2D eigenvalue weighted by Crippen LogP contribution is 2.60. The molecule has 1 heterocycles. The molecule has 0 spiro atoms.